The SMILES string of the molecule is Cc1ccc(-c2sc(C)c(C3=C(c4cc[s+](-c5ccc(C)cc5)c4C)C(F)(F)C(F)(F)C3(F)F)c2C)cc1. The van der Waals surface area contributed by atoms with Gasteiger partial charge in [-0.25, -0.2) is 0 Å². The zero-order valence-corrected chi connectivity index (χ0v) is 23.0. The normalized spacial score (nSPS) is 18.3. The molecule has 38 heavy (non-hydrogen) atoms. The van der Waals surface area contributed by atoms with E-state index in [-0.39, 0.29) is 21.6 Å². The first kappa shape index (κ1) is 26.8. The predicted octanol–water partition coefficient (Wildman–Crippen LogP) is 10.5. The number of thiophene rings is 2. The number of rotatable bonds is 4. The first-order valence-electron chi connectivity index (χ1n) is 12.0. The zero-order chi connectivity index (χ0) is 27.8. The van der Waals surface area contributed by atoms with Crippen LogP contribution in [0.1, 0.15) is 37.6 Å². The maximum atomic E-state index is 15.6. The van der Waals surface area contributed by atoms with Crippen LogP contribution in [0.2, 0.25) is 0 Å². The molecule has 0 aliphatic heterocycles. The van der Waals surface area contributed by atoms with Gasteiger partial charge >= 0.3 is 17.8 Å². The van der Waals surface area contributed by atoms with Gasteiger partial charge in [0.2, 0.25) is 0 Å². The third-order valence-corrected chi connectivity index (χ3v) is 10.5. The highest BCUT2D eigenvalue weighted by Crippen LogP contribution is 2.66. The maximum Gasteiger partial charge on any atom is 0.380 e. The Morgan fingerprint density at radius 1 is 0.658 bits per heavy atom. The minimum absolute atomic E-state index is 0.224. The Bertz CT molecular complexity index is 1570. The summed E-state index contributed by atoms with van der Waals surface area (Å²) in [4.78, 5) is 2.03. The summed E-state index contributed by atoms with van der Waals surface area (Å²) < 4.78 is 92.1. The zero-order valence-electron chi connectivity index (χ0n) is 21.4. The molecule has 0 spiro atoms. The van der Waals surface area contributed by atoms with Crippen molar-refractivity contribution in [1.29, 1.82) is 0 Å². The third-order valence-electron chi connectivity index (χ3n) is 7.18. The molecular weight excluding hydrogens is 538 g/mol. The van der Waals surface area contributed by atoms with Crippen LogP contribution in [0.5, 0.6) is 0 Å². The molecule has 4 aromatic rings. The molecule has 2 aromatic heterocycles. The molecule has 0 saturated heterocycles. The van der Waals surface area contributed by atoms with E-state index in [0.717, 1.165) is 27.4 Å². The van der Waals surface area contributed by atoms with E-state index in [0.29, 0.717) is 15.3 Å². The maximum absolute atomic E-state index is 15.6. The molecular formula is C30H25F6S2+. The van der Waals surface area contributed by atoms with Crippen LogP contribution < -0.4 is 0 Å². The van der Waals surface area contributed by atoms with Crippen LogP contribution in [0.25, 0.3) is 26.5 Å². The summed E-state index contributed by atoms with van der Waals surface area (Å²) in [5, 5.41) is 1.63. The second-order valence-electron chi connectivity index (χ2n) is 9.75. The van der Waals surface area contributed by atoms with Crippen LogP contribution in [0.4, 0.5) is 26.3 Å². The lowest BCUT2D eigenvalue weighted by Crippen LogP contribution is -2.49. The van der Waals surface area contributed by atoms with E-state index in [1.165, 1.54) is 19.9 Å². The number of allylic oxidation sites excluding steroid dienone is 2. The summed E-state index contributed by atoms with van der Waals surface area (Å²) in [7, 11) is -0.817. The van der Waals surface area contributed by atoms with Gasteiger partial charge in [-0.05, 0) is 51.0 Å². The van der Waals surface area contributed by atoms with Crippen molar-refractivity contribution in [1.82, 2.24) is 0 Å². The standard InChI is InChI=1S/C30H25F6S2/c1-16-6-10-21(11-7-16)27-18(3)24(19(4)37-27)26-25(28(31,32)30(35,36)29(26,33)34)23-14-15-38(20(23)5)22-12-8-17(2)9-13-22/h6-15H,1-5H3/q+1. The molecule has 0 bridgehead atoms. The van der Waals surface area contributed by atoms with Crippen LogP contribution in [0.3, 0.4) is 0 Å². The van der Waals surface area contributed by atoms with E-state index in [1.54, 1.807) is 12.3 Å². The van der Waals surface area contributed by atoms with Crippen LogP contribution in [0, 0.1) is 34.6 Å². The van der Waals surface area contributed by atoms with Gasteiger partial charge in [0.05, 0.1) is 5.57 Å². The Labute approximate surface area is 224 Å². The molecule has 0 fully saturated rings. The molecule has 1 unspecified atom stereocenters. The summed E-state index contributed by atoms with van der Waals surface area (Å²) in [6, 6.07) is 16.0. The lowest BCUT2D eigenvalue weighted by molar-refractivity contribution is -0.254. The van der Waals surface area contributed by atoms with E-state index in [9.17, 15) is 8.78 Å². The molecule has 8 heteroatoms. The first-order chi connectivity index (χ1) is 17.7. The summed E-state index contributed by atoms with van der Waals surface area (Å²) in [5.74, 6) is -15.7. The molecule has 2 aromatic carbocycles. The van der Waals surface area contributed by atoms with Crippen molar-refractivity contribution in [3.05, 3.63) is 97.5 Å². The summed E-state index contributed by atoms with van der Waals surface area (Å²) in [5.41, 5.74) is -0.0202. The molecule has 198 valence electrons. The van der Waals surface area contributed by atoms with Gasteiger partial charge in [0.15, 0.2) is 9.77 Å². The highest BCUT2D eigenvalue weighted by Gasteiger charge is 2.80. The lowest BCUT2D eigenvalue weighted by Gasteiger charge is -2.25. The summed E-state index contributed by atoms with van der Waals surface area (Å²) >= 11 is 1.14. The second-order valence-corrected chi connectivity index (χ2v) is 13.0. The summed E-state index contributed by atoms with van der Waals surface area (Å²) in [6.07, 6.45) is 0. The van der Waals surface area contributed by atoms with Crippen LogP contribution in [-0.4, -0.2) is 17.8 Å². The molecule has 0 saturated carbocycles. The molecule has 2 heterocycles. The third kappa shape index (κ3) is 3.71. The highest BCUT2D eigenvalue weighted by atomic mass is 32.2. The Balaban J connectivity index is 1.80. The van der Waals surface area contributed by atoms with E-state index in [1.807, 2.05) is 62.4 Å². The topological polar surface area (TPSA) is 0 Å². The minimum Gasteiger partial charge on any atom is -0.194 e. The van der Waals surface area contributed by atoms with Crippen molar-refractivity contribution < 1.29 is 26.3 Å². The minimum atomic E-state index is -5.58. The number of hydrogen-bond donors (Lipinski definition) is 0. The molecule has 1 atom stereocenters. The van der Waals surface area contributed by atoms with Crippen LogP contribution in [0.15, 0.2) is 60.0 Å². The van der Waals surface area contributed by atoms with E-state index >= 15 is 17.6 Å². The van der Waals surface area contributed by atoms with Crippen molar-refractivity contribution in [2.45, 2.75) is 52.4 Å². The van der Waals surface area contributed by atoms with Crippen molar-refractivity contribution in [2.24, 2.45) is 0 Å². The Morgan fingerprint density at radius 2 is 1.18 bits per heavy atom. The molecule has 0 amide bonds. The Morgan fingerprint density at radius 3 is 1.76 bits per heavy atom. The molecule has 1 aliphatic carbocycles. The average Bonchev–Trinajstić information content (AvgIpc) is 3.39. The molecule has 0 radical (unpaired) electrons. The van der Waals surface area contributed by atoms with Crippen molar-refractivity contribution in [2.75, 3.05) is 0 Å². The summed E-state index contributed by atoms with van der Waals surface area (Å²) in [6.45, 7) is 8.41. The van der Waals surface area contributed by atoms with Gasteiger partial charge in [-0.15, -0.1) is 11.3 Å². The van der Waals surface area contributed by atoms with Gasteiger partial charge in [0.25, 0.3) is 0 Å². The lowest BCUT2D eigenvalue weighted by atomic mass is 9.92. The van der Waals surface area contributed by atoms with Gasteiger partial charge in [-0.1, -0.05) is 47.5 Å². The highest BCUT2D eigenvalue weighted by molar-refractivity contribution is 7.38. The van der Waals surface area contributed by atoms with E-state index in [4.69, 9.17) is 0 Å². The fourth-order valence-electron chi connectivity index (χ4n) is 5.09. The van der Waals surface area contributed by atoms with Crippen LogP contribution in [-0.2, 0) is 0 Å². The molecule has 0 nitrogen and oxygen atoms in total. The van der Waals surface area contributed by atoms with Gasteiger partial charge in [-0.2, -0.15) is 26.3 Å². The van der Waals surface area contributed by atoms with Crippen LogP contribution >= 0.6 is 21.8 Å². The first-order valence-corrected chi connectivity index (χ1v) is 14.1. The van der Waals surface area contributed by atoms with Crippen molar-refractivity contribution >= 4 is 33.0 Å². The van der Waals surface area contributed by atoms with E-state index in [2.05, 4.69) is 0 Å². The largest absolute Gasteiger partial charge is 0.380 e. The smallest absolute Gasteiger partial charge is 0.194 e. The fraction of sp³-hybridized carbons (Fsp3) is 0.267. The van der Waals surface area contributed by atoms with Gasteiger partial charge < -0.3 is 0 Å². The van der Waals surface area contributed by atoms with Gasteiger partial charge in [0.1, 0.15) is 5.38 Å². The van der Waals surface area contributed by atoms with Crippen molar-refractivity contribution in [3.63, 3.8) is 0 Å². The van der Waals surface area contributed by atoms with E-state index < -0.39 is 39.4 Å². The Kier molecular flexibility index (Phi) is 6.23. The molecule has 0 N–H and O–H groups in total. The number of aryl methyl sites for hydroxylation is 3. The number of hydrogen-bond acceptors (Lipinski definition) is 1. The number of benzene rings is 2. The fourth-order valence-corrected chi connectivity index (χ4v) is 8.08. The van der Waals surface area contributed by atoms with Gasteiger partial charge in [0, 0.05) is 49.9 Å². The average molecular weight is 564 g/mol. The quantitative estimate of drug-likeness (QED) is 0.171. The Hall–Kier alpha value is -2.84. The second kappa shape index (κ2) is 8.85. The number of halogens is 6. The monoisotopic (exact) mass is 563 g/mol. The molecule has 5 rings (SSSR count). The van der Waals surface area contributed by atoms with Crippen molar-refractivity contribution in [3.8, 4) is 15.3 Å². The predicted molar refractivity (Wildman–Crippen MR) is 145 cm³/mol. The molecule has 1 aliphatic rings. The van der Waals surface area contributed by atoms with Gasteiger partial charge in [-0.3, -0.25) is 0 Å². The number of alkyl halides is 6.